The van der Waals surface area contributed by atoms with Crippen LogP contribution in [-0.2, 0) is 11.3 Å². The molecule has 33 heavy (non-hydrogen) atoms. The number of benzene rings is 1. The van der Waals surface area contributed by atoms with Gasteiger partial charge in [0.25, 0.3) is 5.89 Å². The molecule has 0 N–H and O–H groups in total. The summed E-state index contributed by atoms with van der Waals surface area (Å²) >= 11 is 0. The van der Waals surface area contributed by atoms with E-state index in [9.17, 15) is 9.90 Å². The lowest BCUT2D eigenvalue weighted by molar-refractivity contribution is -0.315. The molecule has 1 saturated heterocycles. The van der Waals surface area contributed by atoms with E-state index in [4.69, 9.17) is 9.05 Å². The number of nitrogens with zero attached hydrogens (tertiary/aromatic N) is 5. The molecule has 0 radical (unpaired) electrons. The molecule has 4 heterocycles. The molecule has 0 unspecified atom stereocenters. The highest BCUT2D eigenvalue weighted by Crippen LogP contribution is 2.36. The van der Waals surface area contributed by atoms with Crippen molar-refractivity contribution in [3.63, 3.8) is 0 Å². The number of hydrogen-bond acceptors (Lipinski definition) is 9. The van der Waals surface area contributed by atoms with Crippen LogP contribution in [0.2, 0.25) is 0 Å². The molecule has 5 rings (SSSR count). The van der Waals surface area contributed by atoms with E-state index < -0.39 is 5.97 Å². The molecule has 9 heteroatoms. The van der Waals surface area contributed by atoms with Crippen LogP contribution in [0, 0.1) is 5.92 Å². The summed E-state index contributed by atoms with van der Waals surface area (Å²) in [5.74, 6) is 0.0987. The summed E-state index contributed by atoms with van der Waals surface area (Å²) in [6.45, 7) is 5.83. The molecule has 9 nitrogen and oxygen atoms in total. The van der Waals surface area contributed by atoms with E-state index in [1.807, 2.05) is 56.3 Å². The topological polar surface area (TPSA) is 121 Å². The van der Waals surface area contributed by atoms with Gasteiger partial charge in [0, 0.05) is 48.8 Å². The molecule has 0 amide bonds. The third kappa shape index (κ3) is 4.14. The van der Waals surface area contributed by atoms with Crippen molar-refractivity contribution in [2.24, 2.45) is 5.92 Å². The van der Waals surface area contributed by atoms with Gasteiger partial charge in [0.2, 0.25) is 5.82 Å². The minimum atomic E-state index is -0.977. The van der Waals surface area contributed by atoms with Crippen molar-refractivity contribution < 1.29 is 18.9 Å². The largest absolute Gasteiger partial charge is 0.550 e. The Bertz CT molecular complexity index is 1260. The van der Waals surface area contributed by atoms with Gasteiger partial charge in [-0.15, -0.1) is 0 Å². The number of aliphatic carboxylic acids is 1. The van der Waals surface area contributed by atoms with Gasteiger partial charge in [-0.3, -0.25) is 9.88 Å². The normalized spacial score (nSPS) is 14.5. The van der Waals surface area contributed by atoms with E-state index in [1.54, 1.807) is 6.20 Å². The summed E-state index contributed by atoms with van der Waals surface area (Å²) in [4.78, 5) is 21.8. The lowest BCUT2D eigenvalue weighted by atomic mass is 9.99. The zero-order chi connectivity index (χ0) is 22.9. The van der Waals surface area contributed by atoms with Crippen molar-refractivity contribution in [1.82, 2.24) is 25.2 Å². The van der Waals surface area contributed by atoms with Gasteiger partial charge in [-0.2, -0.15) is 4.98 Å². The van der Waals surface area contributed by atoms with E-state index in [1.165, 1.54) is 0 Å². The van der Waals surface area contributed by atoms with E-state index in [0.29, 0.717) is 42.6 Å². The Balaban J connectivity index is 1.35. The van der Waals surface area contributed by atoms with Crippen LogP contribution < -0.4 is 5.11 Å². The molecule has 4 aromatic rings. The third-order valence-corrected chi connectivity index (χ3v) is 5.74. The predicted molar refractivity (Wildman–Crippen MR) is 116 cm³/mol. The van der Waals surface area contributed by atoms with Gasteiger partial charge in [0.1, 0.15) is 5.69 Å². The molecular formula is C24H22N5O4-. The van der Waals surface area contributed by atoms with E-state index in [-0.39, 0.29) is 17.7 Å². The summed E-state index contributed by atoms with van der Waals surface area (Å²) in [5, 5.41) is 19.2. The van der Waals surface area contributed by atoms with Crippen molar-refractivity contribution in [2.45, 2.75) is 26.3 Å². The maximum absolute atomic E-state index is 10.8. The molecule has 0 aliphatic carbocycles. The summed E-state index contributed by atoms with van der Waals surface area (Å²) < 4.78 is 11.1. The van der Waals surface area contributed by atoms with Crippen LogP contribution in [0.4, 0.5) is 0 Å². The Hall–Kier alpha value is -3.85. The highest BCUT2D eigenvalue weighted by Gasteiger charge is 2.28. The van der Waals surface area contributed by atoms with Gasteiger partial charge in [-0.25, -0.2) is 0 Å². The molecule has 0 saturated carbocycles. The Kier molecular flexibility index (Phi) is 5.47. The minimum Gasteiger partial charge on any atom is -0.550 e. The first-order valence-corrected chi connectivity index (χ1v) is 10.8. The average Bonchev–Trinajstić information content (AvgIpc) is 3.44. The zero-order valence-electron chi connectivity index (χ0n) is 18.3. The first kappa shape index (κ1) is 21.0. The number of pyridine rings is 1. The fourth-order valence-corrected chi connectivity index (χ4v) is 3.97. The van der Waals surface area contributed by atoms with Crippen LogP contribution in [0.25, 0.3) is 34.4 Å². The van der Waals surface area contributed by atoms with E-state index in [0.717, 1.165) is 16.7 Å². The van der Waals surface area contributed by atoms with Crippen molar-refractivity contribution in [3.05, 3.63) is 59.8 Å². The molecule has 0 atom stereocenters. The highest BCUT2D eigenvalue weighted by atomic mass is 16.5. The zero-order valence-corrected chi connectivity index (χ0v) is 18.3. The first-order chi connectivity index (χ1) is 16.0. The molecule has 3 aromatic heterocycles. The summed E-state index contributed by atoms with van der Waals surface area (Å²) in [6.07, 6.45) is 1.71. The smallest absolute Gasteiger partial charge is 0.280 e. The van der Waals surface area contributed by atoms with Crippen LogP contribution in [0.1, 0.15) is 30.9 Å². The lowest BCUT2D eigenvalue weighted by Gasteiger charge is -2.39. The van der Waals surface area contributed by atoms with E-state index in [2.05, 4.69) is 25.2 Å². The highest BCUT2D eigenvalue weighted by molar-refractivity contribution is 5.69. The SMILES string of the molecule is CC(C)c1c(-c2nc(-c3ccc(CN4CC(C(=O)[O-])C4)cc3)no2)noc1-c1ccccn1. The Morgan fingerprint density at radius 2 is 1.91 bits per heavy atom. The second-order valence-corrected chi connectivity index (χ2v) is 8.47. The number of carboxylic acid groups (broad SMARTS) is 1. The molecule has 1 aliphatic heterocycles. The van der Waals surface area contributed by atoms with Gasteiger partial charge in [-0.05, 0) is 23.6 Å². The number of rotatable bonds is 7. The molecule has 1 aliphatic rings. The maximum atomic E-state index is 10.8. The van der Waals surface area contributed by atoms with Gasteiger partial charge < -0.3 is 18.9 Å². The number of likely N-dealkylation sites (tertiary alicyclic amines) is 1. The Morgan fingerprint density at radius 1 is 1.12 bits per heavy atom. The second kappa shape index (κ2) is 8.59. The number of aromatic nitrogens is 4. The molecule has 1 fully saturated rings. The van der Waals surface area contributed by atoms with Crippen molar-refractivity contribution in [3.8, 4) is 34.4 Å². The predicted octanol–water partition coefficient (Wildman–Crippen LogP) is 2.76. The van der Waals surface area contributed by atoms with E-state index >= 15 is 0 Å². The fourth-order valence-electron chi connectivity index (χ4n) is 3.97. The second-order valence-electron chi connectivity index (χ2n) is 8.47. The van der Waals surface area contributed by atoms with Gasteiger partial charge in [0.15, 0.2) is 11.5 Å². The van der Waals surface area contributed by atoms with Crippen LogP contribution in [0.5, 0.6) is 0 Å². The summed E-state index contributed by atoms with van der Waals surface area (Å²) in [6, 6.07) is 13.4. The van der Waals surface area contributed by atoms with Crippen molar-refractivity contribution in [2.75, 3.05) is 13.1 Å². The van der Waals surface area contributed by atoms with Crippen LogP contribution >= 0.6 is 0 Å². The minimum absolute atomic E-state index is 0.107. The quantitative estimate of drug-likeness (QED) is 0.423. The molecule has 1 aromatic carbocycles. The number of hydrogen-bond donors (Lipinski definition) is 0. The fraction of sp³-hybridized carbons (Fsp3) is 0.292. The van der Waals surface area contributed by atoms with Crippen molar-refractivity contribution in [1.29, 1.82) is 0 Å². The Labute approximate surface area is 190 Å². The molecular weight excluding hydrogens is 422 g/mol. The van der Waals surface area contributed by atoms with Crippen LogP contribution in [-0.4, -0.2) is 44.2 Å². The van der Waals surface area contributed by atoms with Crippen molar-refractivity contribution >= 4 is 5.97 Å². The van der Waals surface area contributed by atoms with Gasteiger partial charge in [0.05, 0.1) is 0 Å². The Morgan fingerprint density at radius 3 is 2.58 bits per heavy atom. The standard InChI is InChI=1S/C24H23N5O4/c1-14(2)19-20(27-32-21(19)18-5-3-4-10-25-18)23-26-22(28-33-23)16-8-6-15(7-9-16)11-29-12-17(13-29)24(30)31/h3-10,14,17H,11-13H2,1-2H3,(H,30,31)/p-1. The summed E-state index contributed by atoms with van der Waals surface area (Å²) in [7, 11) is 0. The lowest BCUT2D eigenvalue weighted by Crippen LogP contribution is -2.53. The molecule has 0 spiro atoms. The average molecular weight is 444 g/mol. The molecule has 0 bridgehead atoms. The molecule has 168 valence electrons. The number of carbonyl (C=O) groups is 1. The number of carbonyl (C=O) groups excluding carboxylic acids is 1. The monoisotopic (exact) mass is 444 g/mol. The number of carboxylic acids is 1. The maximum Gasteiger partial charge on any atom is 0.280 e. The third-order valence-electron chi connectivity index (χ3n) is 5.74. The van der Waals surface area contributed by atoms with Gasteiger partial charge >= 0.3 is 0 Å². The van der Waals surface area contributed by atoms with Crippen LogP contribution in [0.3, 0.4) is 0 Å². The van der Waals surface area contributed by atoms with Gasteiger partial charge in [-0.1, -0.05) is 54.5 Å². The van der Waals surface area contributed by atoms with Crippen LogP contribution in [0.15, 0.2) is 57.7 Å². The first-order valence-electron chi connectivity index (χ1n) is 10.8. The summed E-state index contributed by atoms with van der Waals surface area (Å²) in [5.41, 5.74) is 3.97.